The van der Waals surface area contributed by atoms with E-state index >= 15 is 0 Å². The average molecular weight is 285 g/mol. The highest BCUT2D eigenvalue weighted by molar-refractivity contribution is 9.10. The van der Waals surface area contributed by atoms with Gasteiger partial charge in [0.25, 0.3) is 0 Å². The van der Waals surface area contributed by atoms with Gasteiger partial charge in [-0.2, -0.15) is 14.9 Å². The van der Waals surface area contributed by atoms with Gasteiger partial charge in [0.05, 0.1) is 4.47 Å². The standard InChI is InChI=1S/C10H3BrF2N2O/c11-7-2-6(1-5(3-14)4-15)8(12)9(13)10(7)16/h1-2,16H. The summed E-state index contributed by atoms with van der Waals surface area (Å²) in [5.74, 6) is -3.61. The van der Waals surface area contributed by atoms with Crippen LogP contribution in [0.4, 0.5) is 8.78 Å². The lowest BCUT2D eigenvalue weighted by molar-refractivity contribution is 0.403. The summed E-state index contributed by atoms with van der Waals surface area (Å²) in [7, 11) is 0. The van der Waals surface area contributed by atoms with E-state index in [1.807, 2.05) is 0 Å². The van der Waals surface area contributed by atoms with Crippen LogP contribution in [0.25, 0.3) is 6.08 Å². The molecule has 6 heteroatoms. The first-order valence-corrected chi connectivity index (χ1v) is 4.69. The lowest BCUT2D eigenvalue weighted by atomic mass is 10.1. The molecule has 0 saturated carbocycles. The number of allylic oxidation sites excluding steroid dienone is 1. The largest absolute Gasteiger partial charge is 0.504 e. The molecular weight excluding hydrogens is 282 g/mol. The van der Waals surface area contributed by atoms with Crippen LogP contribution in [-0.2, 0) is 0 Å². The van der Waals surface area contributed by atoms with Gasteiger partial charge < -0.3 is 5.11 Å². The van der Waals surface area contributed by atoms with Gasteiger partial charge >= 0.3 is 0 Å². The van der Waals surface area contributed by atoms with Crippen LogP contribution >= 0.6 is 15.9 Å². The fourth-order valence-electron chi connectivity index (χ4n) is 0.954. The molecule has 0 aliphatic rings. The number of hydrogen-bond donors (Lipinski definition) is 1. The van der Waals surface area contributed by atoms with E-state index in [2.05, 4.69) is 15.9 Å². The van der Waals surface area contributed by atoms with Crippen LogP contribution < -0.4 is 0 Å². The van der Waals surface area contributed by atoms with Crippen molar-refractivity contribution in [2.45, 2.75) is 0 Å². The van der Waals surface area contributed by atoms with Crippen LogP contribution in [0.3, 0.4) is 0 Å². The van der Waals surface area contributed by atoms with Gasteiger partial charge in [-0.15, -0.1) is 0 Å². The van der Waals surface area contributed by atoms with Crippen LogP contribution in [-0.4, -0.2) is 5.11 Å². The van der Waals surface area contributed by atoms with E-state index in [1.165, 1.54) is 12.1 Å². The van der Waals surface area contributed by atoms with Gasteiger partial charge in [-0.25, -0.2) is 4.39 Å². The molecule has 0 bridgehead atoms. The Morgan fingerprint density at radius 3 is 2.38 bits per heavy atom. The van der Waals surface area contributed by atoms with E-state index in [9.17, 15) is 8.78 Å². The lowest BCUT2D eigenvalue weighted by Gasteiger charge is -2.03. The third-order valence-corrected chi connectivity index (χ3v) is 2.31. The number of aromatic hydroxyl groups is 1. The Morgan fingerprint density at radius 1 is 1.31 bits per heavy atom. The van der Waals surface area contributed by atoms with E-state index in [4.69, 9.17) is 15.6 Å². The fourth-order valence-corrected chi connectivity index (χ4v) is 1.37. The Bertz CT molecular complexity index is 539. The van der Waals surface area contributed by atoms with Crippen LogP contribution in [0.1, 0.15) is 5.56 Å². The predicted molar refractivity (Wildman–Crippen MR) is 54.9 cm³/mol. The molecule has 3 nitrogen and oxygen atoms in total. The van der Waals surface area contributed by atoms with Crippen LogP contribution in [0.5, 0.6) is 5.75 Å². The molecule has 80 valence electrons. The molecule has 16 heavy (non-hydrogen) atoms. The average Bonchev–Trinajstić information content (AvgIpc) is 2.29. The molecule has 0 saturated heterocycles. The van der Waals surface area contributed by atoms with Crippen molar-refractivity contribution in [3.63, 3.8) is 0 Å². The first kappa shape index (κ1) is 12.2. The monoisotopic (exact) mass is 284 g/mol. The van der Waals surface area contributed by atoms with Crippen LogP contribution in [0.15, 0.2) is 16.1 Å². The third-order valence-electron chi connectivity index (χ3n) is 1.70. The minimum atomic E-state index is -1.43. The third kappa shape index (κ3) is 2.18. The molecule has 1 N–H and O–H groups in total. The SMILES string of the molecule is N#CC(C#N)=Cc1cc(Br)c(O)c(F)c1F. The number of phenols is 1. The number of hydrogen-bond acceptors (Lipinski definition) is 3. The maximum absolute atomic E-state index is 13.3. The number of benzene rings is 1. The highest BCUT2D eigenvalue weighted by Crippen LogP contribution is 2.31. The summed E-state index contributed by atoms with van der Waals surface area (Å²) in [5.41, 5.74) is -0.656. The second kappa shape index (κ2) is 4.73. The van der Waals surface area contributed by atoms with Gasteiger partial charge in [-0.05, 0) is 28.1 Å². The molecule has 0 aromatic heterocycles. The first-order chi connectivity index (χ1) is 7.51. The number of nitrogens with zero attached hydrogens (tertiary/aromatic N) is 2. The molecular formula is C10H3BrF2N2O. The molecule has 0 aliphatic heterocycles. The Hall–Kier alpha value is -1.92. The van der Waals surface area contributed by atoms with E-state index in [-0.39, 0.29) is 15.6 Å². The molecule has 0 unspecified atom stereocenters. The molecule has 0 heterocycles. The van der Waals surface area contributed by atoms with E-state index in [1.54, 1.807) is 0 Å². The van der Waals surface area contributed by atoms with Gasteiger partial charge in [-0.3, -0.25) is 0 Å². The zero-order valence-electron chi connectivity index (χ0n) is 7.63. The van der Waals surface area contributed by atoms with Crippen LogP contribution in [0.2, 0.25) is 0 Å². The van der Waals surface area contributed by atoms with Gasteiger partial charge in [0.2, 0.25) is 5.82 Å². The summed E-state index contributed by atoms with van der Waals surface area (Å²) in [5, 5.41) is 26.0. The fraction of sp³-hybridized carbons (Fsp3) is 0. The van der Waals surface area contributed by atoms with Gasteiger partial charge in [0, 0.05) is 5.56 Å². The summed E-state index contributed by atoms with van der Waals surface area (Å²) in [6, 6.07) is 4.10. The Kier molecular flexibility index (Phi) is 3.60. The van der Waals surface area contributed by atoms with Gasteiger partial charge in [0.1, 0.15) is 17.7 Å². The zero-order valence-corrected chi connectivity index (χ0v) is 9.22. The smallest absolute Gasteiger partial charge is 0.202 e. The molecule has 0 aliphatic carbocycles. The van der Waals surface area contributed by atoms with Crippen molar-refractivity contribution in [1.29, 1.82) is 10.5 Å². The molecule has 0 spiro atoms. The first-order valence-electron chi connectivity index (χ1n) is 3.89. The quantitative estimate of drug-likeness (QED) is 0.637. The number of phenolic OH excluding ortho intramolecular Hbond substituents is 1. The van der Waals surface area contributed by atoms with Crippen molar-refractivity contribution in [1.82, 2.24) is 0 Å². The maximum atomic E-state index is 13.3. The lowest BCUT2D eigenvalue weighted by Crippen LogP contribution is -1.91. The maximum Gasteiger partial charge on any atom is 0.202 e. The Labute approximate surface area is 98.0 Å². The number of halogens is 3. The predicted octanol–water partition coefficient (Wildman–Crippen LogP) is 2.86. The molecule has 0 fully saturated rings. The molecule has 0 amide bonds. The molecule has 0 atom stereocenters. The summed E-state index contributed by atoms with van der Waals surface area (Å²) < 4.78 is 26.3. The topological polar surface area (TPSA) is 67.8 Å². The number of nitriles is 2. The highest BCUT2D eigenvalue weighted by atomic mass is 79.9. The van der Waals surface area contributed by atoms with E-state index < -0.39 is 17.4 Å². The zero-order chi connectivity index (χ0) is 12.3. The van der Waals surface area contributed by atoms with Crippen molar-refractivity contribution in [2.75, 3.05) is 0 Å². The number of rotatable bonds is 1. The van der Waals surface area contributed by atoms with Crippen molar-refractivity contribution in [2.24, 2.45) is 0 Å². The van der Waals surface area contributed by atoms with E-state index in [0.29, 0.717) is 0 Å². The second-order valence-electron chi connectivity index (χ2n) is 2.71. The van der Waals surface area contributed by atoms with Crippen molar-refractivity contribution in [3.8, 4) is 17.9 Å². The Morgan fingerprint density at radius 2 is 1.88 bits per heavy atom. The van der Waals surface area contributed by atoms with Crippen molar-refractivity contribution in [3.05, 3.63) is 33.3 Å². The van der Waals surface area contributed by atoms with Gasteiger partial charge in [0.15, 0.2) is 11.6 Å². The molecule has 1 aromatic rings. The minimum absolute atomic E-state index is 0.0621. The highest BCUT2D eigenvalue weighted by Gasteiger charge is 2.15. The summed E-state index contributed by atoms with van der Waals surface area (Å²) in [4.78, 5) is 0. The van der Waals surface area contributed by atoms with Crippen molar-refractivity contribution < 1.29 is 13.9 Å². The Balaban J connectivity index is 3.45. The molecule has 0 radical (unpaired) electrons. The van der Waals surface area contributed by atoms with Crippen LogP contribution in [0, 0.1) is 34.3 Å². The molecule has 1 aromatic carbocycles. The van der Waals surface area contributed by atoms with Crippen molar-refractivity contribution >= 4 is 22.0 Å². The van der Waals surface area contributed by atoms with E-state index in [0.717, 1.165) is 12.1 Å². The normalized spacial score (nSPS) is 9.06. The van der Waals surface area contributed by atoms with Gasteiger partial charge in [-0.1, -0.05) is 0 Å². The molecule has 1 rings (SSSR count). The minimum Gasteiger partial charge on any atom is -0.504 e. The summed E-state index contributed by atoms with van der Waals surface area (Å²) >= 11 is 2.81. The second-order valence-corrected chi connectivity index (χ2v) is 3.56. The summed E-state index contributed by atoms with van der Waals surface area (Å²) in [6.07, 6.45) is 0.891. The summed E-state index contributed by atoms with van der Waals surface area (Å²) in [6.45, 7) is 0.